The fraction of sp³-hybridized carbons (Fsp3) is 0.688. The minimum Gasteiger partial charge on any atom is -0.353 e. The zero-order chi connectivity index (χ0) is 15.7. The molecule has 2 aromatic rings. The van der Waals surface area contributed by atoms with Crippen molar-refractivity contribution < 1.29 is 0 Å². The van der Waals surface area contributed by atoms with E-state index in [1.165, 1.54) is 25.7 Å². The first-order chi connectivity index (χ1) is 10.4. The number of rotatable bonds is 2. The molecule has 2 N–H and O–H groups in total. The Labute approximate surface area is 130 Å². The molecule has 0 bridgehead atoms. The number of nitrogens with zero attached hydrogens (tertiary/aromatic N) is 3. The molecule has 6 nitrogen and oxygen atoms in total. The van der Waals surface area contributed by atoms with Crippen LogP contribution in [0, 0.1) is 0 Å². The number of nitrogens with one attached hydrogen (secondary N) is 2. The molecule has 1 aliphatic carbocycles. The molecule has 0 spiro atoms. The molecule has 120 valence electrons. The summed E-state index contributed by atoms with van der Waals surface area (Å²) in [6.07, 6.45) is 8.96. The number of hydrogen-bond acceptors (Lipinski definition) is 4. The van der Waals surface area contributed by atoms with Crippen LogP contribution in [0.3, 0.4) is 0 Å². The summed E-state index contributed by atoms with van der Waals surface area (Å²) in [4.78, 5) is 19.7. The van der Waals surface area contributed by atoms with Gasteiger partial charge in [-0.25, -0.2) is 4.68 Å². The topological polar surface area (TPSA) is 75.6 Å². The molecule has 0 unspecified atom stereocenters. The first-order valence-electron chi connectivity index (χ1n) is 8.20. The van der Waals surface area contributed by atoms with E-state index in [4.69, 9.17) is 0 Å². The summed E-state index contributed by atoms with van der Waals surface area (Å²) in [5.41, 5.74) is 0.311. The van der Waals surface area contributed by atoms with Crippen LogP contribution in [0.4, 0.5) is 5.95 Å². The molecule has 0 radical (unpaired) electrons. The monoisotopic (exact) mass is 303 g/mol. The van der Waals surface area contributed by atoms with Crippen molar-refractivity contribution in [1.29, 1.82) is 0 Å². The van der Waals surface area contributed by atoms with Crippen LogP contribution in [-0.4, -0.2) is 25.8 Å². The molecule has 1 fully saturated rings. The number of aromatic amines is 1. The van der Waals surface area contributed by atoms with Gasteiger partial charge in [0.2, 0.25) is 5.95 Å². The third-order valence-corrected chi connectivity index (χ3v) is 4.27. The van der Waals surface area contributed by atoms with E-state index in [1.54, 1.807) is 6.20 Å². The van der Waals surface area contributed by atoms with E-state index in [1.807, 2.05) is 4.68 Å². The van der Waals surface area contributed by atoms with Crippen LogP contribution >= 0.6 is 0 Å². The van der Waals surface area contributed by atoms with Crippen molar-refractivity contribution in [3.63, 3.8) is 0 Å². The third kappa shape index (κ3) is 3.00. The molecule has 2 aromatic heterocycles. The second kappa shape index (κ2) is 5.74. The van der Waals surface area contributed by atoms with Crippen LogP contribution in [0.2, 0.25) is 0 Å². The van der Waals surface area contributed by atoms with Crippen LogP contribution in [0.1, 0.15) is 59.3 Å². The Morgan fingerprint density at radius 3 is 2.55 bits per heavy atom. The van der Waals surface area contributed by atoms with E-state index >= 15 is 0 Å². The summed E-state index contributed by atoms with van der Waals surface area (Å²) >= 11 is 0. The molecule has 1 aliphatic rings. The molecule has 2 heterocycles. The van der Waals surface area contributed by atoms with Crippen molar-refractivity contribution in [3.8, 4) is 0 Å². The van der Waals surface area contributed by atoms with Gasteiger partial charge in [-0.2, -0.15) is 10.1 Å². The number of anilines is 1. The highest BCUT2D eigenvalue weighted by Gasteiger charge is 2.20. The second-order valence-electron chi connectivity index (χ2n) is 7.21. The quantitative estimate of drug-likeness (QED) is 0.836. The van der Waals surface area contributed by atoms with Gasteiger partial charge in [-0.3, -0.25) is 9.78 Å². The summed E-state index contributed by atoms with van der Waals surface area (Å²) in [6.45, 7) is 6.17. The van der Waals surface area contributed by atoms with Crippen LogP contribution < -0.4 is 10.9 Å². The standard InChI is InChI=1S/C16H25N5O/c1-16(2,3)21-13-12(10-17-21)14(22)20-15(19-13)18-11-8-6-4-5-7-9-11/h10-11H,4-9H2,1-3H3,(H2,18,19,20,22). The molecule has 0 aromatic carbocycles. The van der Waals surface area contributed by atoms with Crippen molar-refractivity contribution in [2.75, 3.05) is 5.32 Å². The summed E-state index contributed by atoms with van der Waals surface area (Å²) in [6, 6.07) is 0.397. The van der Waals surface area contributed by atoms with Crippen molar-refractivity contribution in [3.05, 3.63) is 16.6 Å². The van der Waals surface area contributed by atoms with E-state index in [0.717, 1.165) is 12.8 Å². The summed E-state index contributed by atoms with van der Waals surface area (Å²) < 4.78 is 1.82. The van der Waals surface area contributed by atoms with Crippen LogP contribution in [0.5, 0.6) is 0 Å². The highest BCUT2D eigenvalue weighted by Crippen LogP contribution is 2.21. The van der Waals surface area contributed by atoms with Gasteiger partial charge < -0.3 is 5.32 Å². The first-order valence-corrected chi connectivity index (χ1v) is 8.20. The van der Waals surface area contributed by atoms with E-state index in [2.05, 4.69) is 41.2 Å². The van der Waals surface area contributed by atoms with E-state index < -0.39 is 0 Å². The van der Waals surface area contributed by atoms with Crippen LogP contribution in [-0.2, 0) is 5.54 Å². The lowest BCUT2D eigenvalue weighted by molar-refractivity contribution is 0.366. The van der Waals surface area contributed by atoms with Gasteiger partial charge in [0.15, 0.2) is 5.65 Å². The van der Waals surface area contributed by atoms with Gasteiger partial charge in [0, 0.05) is 6.04 Å². The van der Waals surface area contributed by atoms with E-state index in [-0.39, 0.29) is 11.1 Å². The Balaban J connectivity index is 1.95. The molecule has 6 heteroatoms. The fourth-order valence-electron chi connectivity index (χ4n) is 3.09. The van der Waals surface area contributed by atoms with Crippen LogP contribution in [0.15, 0.2) is 11.0 Å². The Morgan fingerprint density at radius 2 is 1.91 bits per heavy atom. The van der Waals surface area contributed by atoms with Gasteiger partial charge in [-0.1, -0.05) is 25.7 Å². The first kappa shape index (κ1) is 15.1. The van der Waals surface area contributed by atoms with Crippen molar-refractivity contribution in [2.24, 2.45) is 0 Å². The summed E-state index contributed by atoms with van der Waals surface area (Å²) in [5.74, 6) is 0.565. The van der Waals surface area contributed by atoms with Gasteiger partial charge in [0.25, 0.3) is 5.56 Å². The zero-order valence-electron chi connectivity index (χ0n) is 13.6. The molecule has 1 saturated carbocycles. The van der Waals surface area contributed by atoms with Crippen molar-refractivity contribution in [2.45, 2.75) is 70.9 Å². The van der Waals surface area contributed by atoms with Gasteiger partial charge in [0.05, 0.1) is 11.7 Å². The maximum absolute atomic E-state index is 12.3. The molecule has 3 rings (SSSR count). The Hall–Kier alpha value is -1.85. The predicted octanol–water partition coefficient (Wildman–Crippen LogP) is 3.01. The SMILES string of the molecule is CC(C)(C)n1ncc2c(=O)[nH]c(NC3CCCCCC3)nc21. The maximum Gasteiger partial charge on any atom is 0.263 e. The zero-order valence-corrected chi connectivity index (χ0v) is 13.6. The number of H-pyrrole nitrogens is 1. The highest BCUT2D eigenvalue weighted by atomic mass is 16.1. The van der Waals surface area contributed by atoms with Crippen molar-refractivity contribution >= 4 is 17.0 Å². The lowest BCUT2D eigenvalue weighted by atomic mass is 10.1. The third-order valence-electron chi connectivity index (χ3n) is 4.27. The molecule has 0 atom stereocenters. The second-order valence-corrected chi connectivity index (χ2v) is 7.21. The average Bonchev–Trinajstić information content (AvgIpc) is 2.71. The normalized spacial score (nSPS) is 17.6. The summed E-state index contributed by atoms with van der Waals surface area (Å²) in [5, 5.41) is 8.29. The highest BCUT2D eigenvalue weighted by molar-refractivity contribution is 5.74. The molecule has 0 aliphatic heterocycles. The minimum atomic E-state index is -0.206. The van der Waals surface area contributed by atoms with Gasteiger partial charge in [-0.05, 0) is 33.6 Å². The predicted molar refractivity (Wildman–Crippen MR) is 88.3 cm³/mol. The average molecular weight is 303 g/mol. The van der Waals surface area contributed by atoms with Gasteiger partial charge >= 0.3 is 0 Å². The molecular weight excluding hydrogens is 278 g/mol. The minimum absolute atomic E-state index is 0.128. The fourth-order valence-corrected chi connectivity index (χ4v) is 3.09. The largest absolute Gasteiger partial charge is 0.353 e. The van der Waals surface area contributed by atoms with E-state index in [9.17, 15) is 4.79 Å². The number of aromatic nitrogens is 4. The number of hydrogen-bond donors (Lipinski definition) is 2. The lowest BCUT2D eigenvalue weighted by Crippen LogP contribution is -2.26. The molecule has 0 saturated heterocycles. The smallest absolute Gasteiger partial charge is 0.263 e. The van der Waals surface area contributed by atoms with Gasteiger partial charge in [0.1, 0.15) is 5.39 Å². The Bertz CT molecular complexity index is 701. The van der Waals surface area contributed by atoms with Crippen LogP contribution in [0.25, 0.3) is 11.0 Å². The maximum atomic E-state index is 12.3. The molecule has 0 amide bonds. The lowest BCUT2D eigenvalue weighted by Gasteiger charge is -2.20. The molecule has 22 heavy (non-hydrogen) atoms. The Morgan fingerprint density at radius 1 is 1.23 bits per heavy atom. The van der Waals surface area contributed by atoms with Gasteiger partial charge in [-0.15, -0.1) is 0 Å². The Kier molecular flexibility index (Phi) is 3.93. The summed E-state index contributed by atoms with van der Waals surface area (Å²) in [7, 11) is 0. The molecular formula is C16H25N5O. The van der Waals surface area contributed by atoms with Crippen molar-refractivity contribution in [1.82, 2.24) is 19.7 Å². The number of fused-ring (bicyclic) bond motifs is 1. The van der Waals surface area contributed by atoms with E-state index in [0.29, 0.717) is 23.0 Å².